The minimum atomic E-state index is -0.0677. The van der Waals surface area contributed by atoms with Crippen LogP contribution < -0.4 is 10.1 Å². The average Bonchev–Trinajstić information content (AvgIpc) is 3.08. The Kier molecular flexibility index (Phi) is 5.66. The van der Waals surface area contributed by atoms with Crippen molar-refractivity contribution in [1.29, 1.82) is 0 Å². The van der Waals surface area contributed by atoms with E-state index in [-0.39, 0.29) is 11.9 Å². The number of amides is 1. The van der Waals surface area contributed by atoms with Crippen LogP contribution in [0.15, 0.2) is 52.9 Å². The molecule has 2 aliphatic heterocycles. The second-order valence-electron chi connectivity index (χ2n) is 8.44. The van der Waals surface area contributed by atoms with Gasteiger partial charge in [0, 0.05) is 24.5 Å². The molecule has 0 saturated carbocycles. The lowest BCUT2D eigenvalue weighted by molar-refractivity contribution is -0.0716. The van der Waals surface area contributed by atoms with Gasteiger partial charge in [0.15, 0.2) is 0 Å². The van der Waals surface area contributed by atoms with Gasteiger partial charge >= 0.3 is 0 Å². The molecule has 6 nitrogen and oxygen atoms in total. The van der Waals surface area contributed by atoms with E-state index in [0.29, 0.717) is 29.6 Å². The van der Waals surface area contributed by atoms with Crippen LogP contribution in [0.5, 0.6) is 5.75 Å². The van der Waals surface area contributed by atoms with Crippen molar-refractivity contribution in [3.05, 3.63) is 65.4 Å². The average molecular weight is 421 g/mol. The molecular weight excluding hydrogens is 392 g/mol. The molecule has 3 aromatic rings. The first-order chi connectivity index (χ1) is 15.2. The van der Waals surface area contributed by atoms with Gasteiger partial charge in [0.05, 0.1) is 24.8 Å². The van der Waals surface area contributed by atoms with Crippen LogP contribution in [0.4, 0.5) is 0 Å². The maximum atomic E-state index is 13.1. The van der Waals surface area contributed by atoms with Gasteiger partial charge in [-0.15, -0.1) is 0 Å². The van der Waals surface area contributed by atoms with Crippen molar-refractivity contribution in [1.82, 2.24) is 10.2 Å². The van der Waals surface area contributed by atoms with Crippen LogP contribution in [0, 0.1) is 6.92 Å². The summed E-state index contributed by atoms with van der Waals surface area (Å²) in [7, 11) is 0. The number of likely N-dealkylation sites (tertiary alicyclic amines) is 1. The number of aryl methyl sites for hydroxylation is 1. The SMILES string of the molecule is Cc1oc2ccc(OCc3ccccc3)cc2c1C(=O)NC1CCN(C2COC2)CC1. The topological polar surface area (TPSA) is 63.9 Å². The number of rotatable bonds is 6. The first kappa shape index (κ1) is 20.1. The molecule has 1 aromatic heterocycles. The van der Waals surface area contributed by atoms with Crippen molar-refractivity contribution in [3.63, 3.8) is 0 Å². The summed E-state index contributed by atoms with van der Waals surface area (Å²) in [5.41, 5.74) is 2.41. The molecule has 162 valence electrons. The fourth-order valence-corrected chi connectivity index (χ4v) is 4.41. The number of piperidine rings is 1. The van der Waals surface area contributed by atoms with Gasteiger partial charge in [-0.05, 0) is 43.5 Å². The molecule has 2 aliphatic rings. The van der Waals surface area contributed by atoms with Crippen LogP contribution in [-0.4, -0.2) is 49.2 Å². The number of benzene rings is 2. The molecule has 2 fully saturated rings. The number of nitrogens with one attached hydrogen (secondary N) is 1. The van der Waals surface area contributed by atoms with Crippen molar-refractivity contribution < 1.29 is 18.7 Å². The molecule has 0 radical (unpaired) electrons. The zero-order valence-corrected chi connectivity index (χ0v) is 17.8. The third-order valence-electron chi connectivity index (χ3n) is 6.31. The second kappa shape index (κ2) is 8.73. The molecule has 1 amide bonds. The molecule has 0 atom stereocenters. The summed E-state index contributed by atoms with van der Waals surface area (Å²) in [5.74, 6) is 1.29. The molecule has 6 heteroatoms. The van der Waals surface area contributed by atoms with Gasteiger partial charge in [-0.25, -0.2) is 0 Å². The third kappa shape index (κ3) is 4.31. The molecule has 0 unspecified atom stereocenters. The molecule has 31 heavy (non-hydrogen) atoms. The van der Waals surface area contributed by atoms with Crippen LogP contribution in [0.25, 0.3) is 11.0 Å². The number of furan rings is 1. The lowest BCUT2D eigenvalue weighted by Gasteiger charge is -2.41. The molecule has 2 aromatic carbocycles. The van der Waals surface area contributed by atoms with E-state index in [0.717, 1.165) is 55.8 Å². The number of hydrogen-bond donors (Lipinski definition) is 1. The highest BCUT2D eigenvalue weighted by atomic mass is 16.5. The number of hydrogen-bond acceptors (Lipinski definition) is 5. The second-order valence-corrected chi connectivity index (χ2v) is 8.44. The number of fused-ring (bicyclic) bond motifs is 1. The van der Waals surface area contributed by atoms with E-state index in [4.69, 9.17) is 13.9 Å². The largest absolute Gasteiger partial charge is 0.489 e. The van der Waals surface area contributed by atoms with E-state index in [9.17, 15) is 4.79 Å². The molecule has 5 rings (SSSR count). The highest BCUT2D eigenvalue weighted by molar-refractivity contribution is 6.07. The van der Waals surface area contributed by atoms with E-state index < -0.39 is 0 Å². The fraction of sp³-hybridized carbons (Fsp3) is 0.400. The summed E-state index contributed by atoms with van der Waals surface area (Å²) < 4.78 is 17.1. The maximum Gasteiger partial charge on any atom is 0.255 e. The first-order valence-corrected chi connectivity index (χ1v) is 11.0. The van der Waals surface area contributed by atoms with E-state index in [1.54, 1.807) is 0 Å². The minimum absolute atomic E-state index is 0.0677. The molecule has 0 spiro atoms. The van der Waals surface area contributed by atoms with Gasteiger partial charge in [-0.2, -0.15) is 0 Å². The molecule has 0 bridgehead atoms. The van der Waals surface area contributed by atoms with Gasteiger partial charge in [-0.3, -0.25) is 9.69 Å². The van der Waals surface area contributed by atoms with Crippen LogP contribution in [0.2, 0.25) is 0 Å². The monoisotopic (exact) mass is 420 g/mol. The fourth-order valence-electron chi connectivity index (χ4n) is 4.41. The summed E-state index contributed by atoms with van der Waals surface area (Å²) in [6, 6.07) is 16.4. The van der Waals surface area contributed by atoms with Crippen LogP contribution in [0.1, 0.15) is 34.5 Å². The zero-order chi connectivity index (χ0) is 21.2. The Bertz CT molecular complexity index is 1050. The van der Waals surface area contributed by atoms with Crippen molar-refractivity contribution >= 4 is 16.9 Å². The summed E-state index contributed by atoms with van der Waals surface area (Å²) in [6.45, 7) is 6.01. The Morgan fingerprint density at radius 3 is 2.61 bits per heavy atom. The zero-order valence-electron chi connectivity index (χ0n) is 17.8. The molecule has 3 heterocycles. The first-order valence-electron chi connectivity index (χ1n) is 11.0. The lowest BCUT2D eigenvalue weighted by Crippen LogP contribution is -2.54. The number of carbonyl (C=O) groups is 1. The Morgan fingerprint density at radius 2 is 1.90 bits per heavy atom. The highest BCUT2D eigenvalue weighted by Crippen LogP contribution is 2.30. The summed E-state index contributed by atoms with van der Waals surface area (Å²) in [5, 5.41) is 4.03. The molecular formula is C25H28N2O4. The third-order valence-corrected chi connectivity index (χ3v) is 6.31. The van der Waals surface area contributed by atoms with Crippen LogP contribution >= 0.6 is 0 Å². The van der Waals surface area contributed by atoms with Crippen LogP contribution in [0.3, 0.4) is 0 Å². The van der Waals surface area contributed by atoms with E-state index in [1.165, 1.54) is 0 Å². The summed E-state index contributed by atoms with van der Waals surface area (Å²) in [4.78, 5) is 15.6. The van der Waals surface area contributed by atoms with E-state index in [1.807, 2.05) is 55.5 Å². The highest BCUT2D eigenvalue weighted by Gasteiger charge is 2.30. The van der Waals surface area contributed by atoms with Gasteiger partial charge < -0.3 is 19.2 Å². The standard InChI is InChI=1S/C25H28N2O4/c1-17-24(25(28)26-19-9-11-27(12-10-19)20-15-29-16-20)22-13-21(7-8-23(22)31-17)30-14-18-5-3-2-4-6-18/h2-8,13,19-20H,9-12,14-16H2,1H3,(H,26,28). The van der Waals surface area contributed by atoms with Crippen molar-refractivity contribution in [2.75, 3.05) is 26.3 Å². The van der Waals surface area contributed by atoms with Gasteiger partial charge in [0.1, 0.15) is 23.7 Å². The van der Waals surface area contributed by atoms with Gasteiger partial charge in [-0.1, -0.05) is 30.3 Å². The van der Waals surface area contributed by atoms with Crippen molar-refractivity contribution in [2.45, 2.75) is 38.5 Å². The predicted octanol–water partition coefficient (Wildman–Crippen LogP) is 3.91. The minimum Gasteiger partial charge on any atom is -0.489 e. The van der Waals surface area contributed by atoms with E-state index >= 15 is 0 Å². The smallest absolute Gasteiger partial charge is 0.255 e. The Labute approximate surface area is 182 Å². The predicted molar refractivity (Wildman–Crippen MR) is 118 cm³/mol. The van der Waals surface area contributed by atoms with Gasteiger partial charge in [0.25, 0.3) is 5.91 Å². The Balaban J connectivity index is 1.27. The number of ether oxygens (including phenoxy) is 2. The maximum absolute atomic E-state index is 13.1. The van der Waals surface area contributed by atoms with Crippen LogP contribution in [-0.2, 0) is 11.3 Å². The van der Waals surface area contributed by atoms with Crippen molar-refractivity contribution in [3.8, 4) is 5.75 Å². The summed E-state index contributed by atoms with van der Waals surface area (Å²) >= 11 is 0. The molecule has 1 N–H and O–H groups in total. The van der Waals surface area contributed by atoms with E-state index in [2.05, 4.69) is 10.2 Å². The van der Waals surface area contributed by atoms with Gasteiger partial charge in [0.2, 0.25) is 0 Å². The quantitative estimate of drug-likeness (QED) is 0.655. The lowest BCUT2D eigenvalue weighted by atomic mass is 10.0. The number of carbonyl (C=O) groups excluding carboxylic acids is 1. The van der Waals surface area contributed by atoms with Crippen molar-refractivity contribution in [2.24, 2.45) is 0 Å². The Morgan fingerprint density at radius 1 is 1.13 bits per heavy atom. The summed E-state index contributed by atoms with van der Waals surface area (Å²) in [6.07, 6.45) is 1.92. The normalized spacial score (nSPS) is 18.1. The molecule has 2 saturated heterocycles. The Hall–Kier alpha value is -2.83. The molecule has 0 aliphatic carbocycles. The number of nitrogens with zero attached hydrogens (tertiary/aromatic N) is 1.